The Morgan fingerprint density at radius 3 is 2.82 bits per heavy atom. The van der Waals surface area contributed by atoms with E-state index in [0.29, 0.717) is 0 Å². The number of aryl methyl sites for hydroxylation is 1. The molecule has 1 heterocycles. The molecule has 0 atom stereocenters. The van der Waals surface area contributed by atoms with Crippen molar-refractivity contribution in [2.75, 3.05) is 43.0 Å². The summed E-state index contributed by atoms with van der Waals surface area (Å²) in [5.74, 6) is 0. The van der Waals surface area contributed by atoms with E-state index >= 15 is 0 Å². The standard InChI is InChI=1S/C14H23N3/c1-12-5-6-13-14(11-12)17(9-3-7-15)10-4-8-16(13)2/h5-6,11H,3-4,7-10,15H2,1-2H3. The van der Waals surface area contributed by atoms with Crippen LogP contribution < -0.4 is 15.5 Å². The van der Waals surface area contributed by atoms with Gasteiger partial charge in [-0.3, -0.25) is 0 Å². The summed E-state index contributed by atoms with van der Waals surface area (Å²) in [5, 5.41) is 0. The molecule has 1 aromatic rings. The first kappa shape index (κ1) is 12.2. The number of benzene rings is 1. The quantitative estimate of drug-likeness (QED) is 0.866. The second-order valence-electron chi connectivity index (χ2n) is 4.90. The first-order valence-corrected chi connectivity index (χ1v) is 6.49. The van der Waals surface area contributed by atoms with Crippen LogP contribution in [-0.2, 0) is 0 Å². The second-order valence-corrected chi connectivity index (χ2v) is 4.90. The summed E-state index contributed by atoms with van der Waals surface area (Å²) in [7, 11) is 2.18. The summed E-state index contributed by atoms with van der Waals surface area (Å²) in [5.41, 5.74) is 9.68. The molecule has 0 radical (unpaired) electrons. The minimum Gasteiger partial charge on any atom is -0.373 e. The monoisotopic (exact) mass is 233 g/mol. The fraction of sp³-hybridized carbons (Fsp3) is 0.571. The Hall–Kier alpha value is -1.22. The van der Waals surface area contributed by atoms with Crippen molar-refractivity contribution in [3.05, 3.63) is 23.8 Å². The van der Waals surface area contributed by atoms with Gasteiger partial charge in [0, 0.05) is 26.7 Å². The minimum absolute atomic E-state index is 0.771. The fourth-order valence-electron chi connectivity index (χ4n) is 2.46. The largest absolute Gasteiger partial charge is 0.373 e. The predicted molar refractivity (Wildman–Crippen MR) is 75.0 cm³/mol. The summed E-state index contributed by atoms with van der Waals surface area (Å²) in [6, 6.07) is 6.74. The lowest BCUT2D eigenvalue weighted by Gasteiger charge is -2.26. The average Bonchev–Trinajstić information content (AvgIpc) is 2.46. The Kier molecular flexibility index (Phi) is 3.89. The minimum atomic E-state index is 0.771. The summed E-state index contributed by atoms with van der Waals surface area (Å²) in [6.45, 7) is 6.27. The molecule has 1 aromatic carbocycles. The van der Waals surface area contributed by atoms with Crippen molar-refractivity contribution in [1.29, 1.82) is 0 Å². The summed E-state index contributed by atoms with van der Waals surface area (Å²) < 4.78 is 0. The number of anilines is 2. The molecular formula is C14H23N3. The summed E-state index contributed by atoms with van der Waals surface area (Å²) in [6.07, 6.45) is 2.28. The molecule has 3 nitrogen and oxygen atoms in total. The SMILES string of the molecule is Cc1ccc2c(c1)N(CCCN)CCCN2C. The van der Waals surface area contributed by atoms with Crippen molar-refractivity contribution in [3.8, 4) is 0 Å². The molecule has 0 spiro atoms. The molecule has 2 N–H and O–H groups in total. The van der Waals surface area contributed by atoms with E-state index in [9.17, 15) is 0 Å². The van der Waals surface area contributed by atoms with E-state index in [-0.39, 0.29) is 0 Å². The van der Waals surface area contributed by atoms with Gasteiger partial charge in [0.25, 0.3) is 0 Å². The molecular weight excluding hydrogens is 210 g/mol. The Morgan fingerprint density at radius 2 is 2.06 bits per heavy atom. The maximum Gasteiger partial charge on any atom is 0.0606 e. The van der Waals surface area contributed by atoms with Crippen LogP contribution in [0.2, 0.25) is 0 Å². The normalized spacial score (nSPS) is 15.7. The van der Waals surface area contributed by atoms with Gasteiger partial charge in [-0.25, -0.2) is 0 Å². The van der Waals surface area contributed by atoms with E-state index in [2.05, 4.69) is 42.0 Å². The maximum atomic E-state index is 5.62. The van der Waals surface area contributed by atoms with Crippen LogP contribution in [0.1, 0.15) is 18.4 Å². The lowest BCUT2D eigenvalue weighted by Crippen LogP contribution is -2.26. The smallest absolute Gasteiger partial charge is 0.0606 e. The molecule has 0 bridgehead atoms. The Bertz CT molecular complexity index is 376. The third-order valence-corrected chi connectivity index (χ3v) is 3.44. The topological polar surface area (TPSA) is 32.5 Å². The number of rotatable bonds is 3. The van der Waals surface area contributed by atoms with Crippen molar-refractivity contribution < 1.29 is 0 Å². The van der Waals surface area contributed by atoms with Gasteiger partial charge in [0.05, 0.1) is 11.4 Å². The lowest BCUT2D eigenvalue weighted by atomic mass is 10.1. The molecule has 0 unspecified atom stereocenters. The molecule has 17 heavy (non-hydrogen) atoms. The van der Waals surface area contributed by atoms with E-state index in [0.717, 1.165) is 32.6 Å². The van der Waals surface area contributed by atoms with Crippen LogP contribution in [0.3, 0.4) is 0 Å². The number of hydrogen-bond acceptors (Lipinski definition) is 3. The van der Waals surface area contributed by atoms with E-state index in [4.69, 9.17) is 5.73 Å². The van der Waals surface area contributed by atoms with Crippen molar-refractivity contribution >= 4 is 11.4 Å². The molecule has 3 heteroatoms. The van der Waals surface area contributed by atoms with Gasteiger partial charge in [0.2, 0.25) is 0 Å². The first-order valence-electron chi connectivity index (χ1n) is 6.49. The van der Waals surface area contributed by atoms with Crippen LogP contribution in [0.15, 0.2) is 18.2 Å². The third kappa shape index (κ3) is 2.72. The molecule has 0 saturated heterocycles. The van der Waals surface area contributed by atoms with E-state index in [1.165, 1.54) is 23.4 Å². The number of nitrogens with zero attached hydrogens (tertiary/aromatic N) is 2. The van der Waals surface area contributed by atoms with Gasteiger partial charge < -0.3 is 15.5 Å². The van der Waals surface area contributed by atoms with Gasteiger partial charge >= 0.3 is 0 Å². The maximum absolute atomic E-state index is 5.62. The number of nitrogens with two attached hydrogens (primary N) is 1. The second kappa shape index (κ2) is 5.41. The predicted octanol–water partition coefficient (Wildman–Crippen LogP) is 1.99. The van der Waals surface area contributed by atoms with Crippen LogP contribution in [0.5, 0.6) is 0 Å². The van der Waals surface area contributed by atoms with Gasteiger partial charge in [-0.05, 0) is 44.0 Å². The zero-order valence-corrected chi connectivity index (χ0v) is 10.9. The number of hydrogen-bond donors (Lipinski definition) is 1. The highest BCUT2D eigenvalue weighted by Crippen LogP contribution is 2.32. The molecule has 0 saturated carbocycles. The number of fused-ring (bicyclic) bond motifs is 1. The molecule has 0 aliphatic carbocycles. The molecule has 0 amide bonds. The Labute approximate surface area is 104 Å². The van der Waals surface area contributed by atoms with E-state index in [1.54, 1.807) is 0 Å². The van der Waals surface area contributed by atoms with Gasteiger partial charge in [-0.15, -0.1) is 0 Å². The Morgan fingerprint density at radius 1 is 1.24 bits per heavy atom. The lowest BCUT2D eigenvalue weighted by molar-refractivity contribution is 0.710. The van der Waals surface area contributed by atoms with Gasteiger partial charge in [0.1, 0.15) is 0 Å². The molecule has 0 aromatic heterocycles. The highest BCUT2D eigenvalue weighted by atomic mass is 15.2. The van der Waals surface area contributed by atoms with Gasteiger partial charge in [-0.1, -0.05) is 6.07 Å². The van der Waals surface area contributed by atoms with Crippen LogP contribution in [0, 0.1) is 6.92 Å². The zero-order valence-electron chi connectivity index (χ0n) is 10.9. The molecule has 1 aliphatic heterocycles. The van der Waals surface area contributed by atoms with E-state index < -0.39 is 0 Å². The average molecular weight is 233 g/mol. The Balaban J connectivity index is 2.31. The highest BCUT2D eigenvalue weighted by Gasteiger charge is 2.17. The van der Waals surface area contributed by atoms with Gasteiger partial charge in [0.15, 0.2) is 0 Å². The molecule has 2 rings (SSSR count). The van der Waals surface area contributed by atoms with Crippen LogP contribution in [0.25, 0.3) is 0 Å². The first-order chi connectivity index (χ1) is 8.22. The molecule has 0 fully saturated rings. The van der Waals surface area contributed by atoms with Gasteiger partial charge in [-0.2, -0.15) is 0 Å². The fourth-order valence-corrected chi connectivity index (χ4v) is 2.46. The van der Waals surface area contributed by atoms with Crippen molar-refractivity contribution in [1.82, 2.24) is 0 Å². The summed E-state index contributed by atoms with van der Waals surface area (Å²) >= 11 is 0. The summed E-state index contributed by atoms with van der Waals surface area (Å²) in [4.78, 5) is 4.84. The molecule has 94 valence electrons. The van der Waals surface area contributed by atoms with Crippen molar-refractivity contribution in [2.24, 2.45) is 5.73 Å². The van der Waals surface area contributed by atoms with Crippen molar-refractivity contribution in [3.63, 3.8) is 0 Å². The molecule has 1 aliphatic rings. The van der Waals surface area contributed by atoms with Crippen LogP contribution in [0.4, 0.5) is 11.4 Å². The van der Waals surface area contributed by atoms with Crippen LogP contribution in [-0.4, -0.2) is 33.2 Å². The van der Waals surface area contributed by atoms with Crippen LogP contribution >= 0.6 is 0 Å². The zero-order chi connectivity index (χ0) is 12.3. The van der Waals surface area contributed by atoms with Crippen molar-refractivity contribution in [2.45, 2.75) is 19.8 Å². The third-order valence-electron chi connectivity index (χ3n) is 3.44. The highest BCUT2D eigenvalue weighted by molar-refractivity contribution is 5.72. The van der Waals surface area contributed by atoms with E-state index in [1.807, 2.05) is 0 Å².